The van der Waals surface area contributed by atoms with E-state index in [-0.39, 0.29) is 18.3 Å². The summed E-state index contributed by atoms with van der Waals surface area (Å²) >= 11 is 0. The molecule has 0 aliphatic heterocycles. The number of carbonyl (C=O) groups is 1. The highest BCUT2D eigenvalue weighted by atomic mass is 16.2. The molecule has 0 aliphatic carbocycles. The number of amides is 1. The number of carbonyl (C=O) groups excluding carboxylic acids is 1. The lowest BCUT2D eigenvalue weighted by molar-refractivity contribution is -0.122. The maximum atomic E-state index is 11.8. The smallest absolute Gasteiger partial charge is 0.243 e. The fourth-order valence-electron chi connectivity index (χ4n) is 1.92. The Balaban J connectivity index is 1.97. The Morgan fingerprint density at radius 2 is 1.95 bits per heavy atom. The number of rotatable bonds is 4. The number of anilines is 1. The highest BCUT2D eigenvalue weighted by Gasteiger charge is 2.09. The maximum Gasteiger partial charge on any atom is 0.243 e. The van der Waals surface area contributed by atoms with Gasteiger partial charge in [-0.1, -0.05) is 0 Å². The third-order valence-corrected chi connectivity index (χ3v) is 2.83. The second-order valence-corrected chi connectivity index (χ2v) is 4.50. The molecule has 0 saturated heterocycles. The molecule has 0 atom stereocenters. The van der Waals surface area contributed by atoms with Crippen molar-refractivity contribution < 1.29 is 4.79 Å². The van der Waals surface area contributed by atoms with Crippen molar-refractivity contribution in [2.24, 2.45) is 0 Å². The van der Waals surface area contributed by atoms with Crippen molar-refractivity contribution >= 4 is 11.7 Å². The molecule has 0 unspecified atom stereocenters. The molecule has 20 heavy (non-hydrogen) atoms. The molecule has 2 heterocycles. The summed E-state index contributed by atoms with van der Waals surface area (Å²) < 4.78 is 0. The van der Waals surface area contributed by atoms with Crippen LogP contribution in [0.3, 0.4) is 0 Å². The van der Waals surface area contributed by atoms with Crippen LogP contribution in [0.2, 0.25) is 0 Å². The fraction of sp³-hybridized carbons (Fsp3) is 0.417. The third kappa shape index (κ3) is 3.28. The molecule has 0 bridgehead atoms. The number of hydrogen-bond acceptors (Lipinski definition) is 6. The van der Waals surface area contributed by atoms with Crippen LogP contribution in [-0.4, -0.2) is 30.9 Å². The number of nitrogens with two attached hydrogens (primary N) is 1. The average molecular weight is 275 g/mol. The van der Waals surface area contributed by atoms with Crippen molar-refractivity contribution in [1.29, 1.82) is 0 Å². The molecule has 2 aromatic rings. The Bertz CT molecular complexity index is 611. The predicted molar refractivity (Wildman–Crippen MR) is 72.5 cm³/mol. The van der Waals surface area contributed by atoms with Gasteiger partial charge in [-0.15, -0.1) is 5.10 Å². The van der Waals surface area contributed by atoms with Gasteiger partial charge < -0.3 is 11.1 Å². The van der Waals surface area contributed by atoms with Crippen molar-refractivity contribution in [3.8, 4) is 0 Å². The van der Waals surface area contributed by atoms with E-state index in [4.69, 9.17) is 5.73 Å². The number of nitrogens with one attached hydrogen (secondary N) is 1. The van der Waals surface area contributed by atoms with Crippen LogP contribution in [0.15, 0.2) is 6.20 Å². The Morgan fingerprint density at radius 3 is 2.50 bits per heavy atom. The first-order valence-corrected chi connectivity index (χ1v) is 6.18. The van der Waals surface area contributed by atoms with Crippen LogP contribution in [0, 0.1) is 20.8 Å². The van der Waals surface area contributed by atoms with Crippen LogP contribution in [-0.2, 0) is 17.9 Å². The fourth-order valence-corrected chi connectivity index (χ4v) is 1.92. The zero-order valence-electron chi connectivity index (χ0n) is 11.7. The molecular weight excluding hydrogens is 258 g/mol. The minimum absolute atomic E-state index is 0.0298. The summed E-state index contributed by atoms with van der Waals surface area (Å²) in [6.45, 7) is 6.06. The standard InChI is InChI=1S/C12H17N7O/c1-7-10(8(2)17-9(3)16-7)4-14-12(20)6-19-15-5-11(13)18-19/h5H,4,6H2,1-3H3,(H2,13,18)(H,14,20). The van der Waals surface area contributed by atoms with E-state index in [2.05, 4.69) is 25.5 Å². The van der Waals surface area contributed by atoms with Crippen LogP contribution in [0.1, 0.15) is 22.8 Å². The van der Waals surface area contributed by atoms with E-state index >= 15 is 0 Å². The largest absolute Gasteiger partial charge is 0.381 e. The van der Waals surface area contributed by atoms with Crippen molar-refractivity contribution in [2.75, 3.05) is 5.73 Å². The maximum absolute atomic E-state index is 11.8. The van der Waals surface area contributed by atoms with Crippen LogP contribution in [0.4, 0.5) is 5.82 Å². The summed E-state index contributed by atoms with van der Waals surface area (Å²) in [6, 6.07) is 0. The van der Waals surface area contributed by atoms with Gasteiger partial charge in [0.05, 0.1) is 6.20 Å². The van der Waals surface area contributed by atoms with E-state index in [1.807, 2.05) is 20.8 Å². The lowest BCUT2D eigenvalue weighted by Crippen LogP contribution is -2.29. The molecule has 106 valence electrons. The van der Waals surface area contributed by atoms with Gasteiger partial charge in [0.15, 0.2) is 5.82 Å². The van der Waals surface area contributed by atoms with Crippen molar-refractivity contribution in [2.45, 2.75) is 33.9 Å². The predicted octanol–water partition coefficient (Wildman–Crippen LogP) is -0.108. The zero-order valence-corrected chi connectivity index (χ0v) is 11.7. The van der Waals surface area contributed by atoms with Crippen LogP contribution < -0.4 is 11.1 Å². The molecule has 0 aliphatic rings. The van der Waals surface area contributed by atoms with Gasteiger partial charge in [-0.25, -0.2) is 9.97 Å². The molecule has 0 spiro atoms. The Morgan fingerprint density at radius 1 is 1.30 bits per heavy atom. The van der Waals surface area contributed by atoms with Gasteiger partial charge in [0.25, 0.3) is 0 Å². The van der Waals surface area contributed by atoms with Crippen LogP contribution >= 0.6 is 0 Å². The van der Waals surface area contributed by atoms with Gasteiger partial charge in [-0.2, -0.15) is 9.90 Å². The summed E-state index contributed by atoms with van der Waals surface area (Å²) in [5.41, 5.74) is 8.10. The SMILES string of the molecule is Cc1nc(C)c(CNC(=O)Cn2ncc(N)n2)c(C)n1. The highest BCUT2D eigenvalue weighted by molar-refractivity contribution is 5.75. The first-order chi connectivity index (χ1) is 9.45. The van der Waals surface area contributed by atoms with Crippen LogP contribution in [0.25, 0.3) is 0 Å². The molecule has 2 rings (SSSR count). The van der Waals surface area contributed by atoms with E-state index in [1.54, 1.807) is 0 Å². The number of aromatic nitrogens is 5. The van der Waals surface area contributed by atoms with Crippen molar-refractivity contribution in [3.63, 3.8) is 0 Å². The second-order valence-electron chi connectivity index (χ2n) is 4.50. The molecule has 0 aromatic carbocycles. The Hall–Kier alpha value is -2.51. The molecular formula is C12H17N7O. The first kappa shape index (κ1) is 13.9. The lowest BCUT2D eigenvalue weighted by atomic mass is 10.1. The van der Waals surface area contributed by atoms with Crippen molar-refractivity contribution in [1.82, 2.24) is 30.3 Å². The third-order valence-electron chi connectivity index (χ3n) is 2.83. The van der Waals surface area contributed by atoms with Gasteiger partial charge in [0, 0.05) is 23.5 Å². The van der Waals surface area contributed by atoms with E-state index in [1.165, 1.54) is 11.0 Å². The van der Waals surface area contributed by atoms with Crippen LogP contribution in [0.5, 0.6) is 0 Å². The lowest BCUT2D eigenvalue weighted by Gasteiger charge is -2.10. The summed E-state index contributed by atoms with van der Waals surface area (Å²) in [6.07, 6.45) is 1.40. The zero-order chi connectivity index (χ0) is 14.7. The molecule has 0 radical (unpaired) electrons. The highest BCUT2D eigenvalue weighted by Crippen LogP contribution is 2.09. The van der Waals surface area contributed by atoms with Gasteiger partial charge in [0.1, 0.15) is 12.4 Å². The molecule has 0 fully saturated rings. The summed E-state index contributed by atoms with van der Waals surface area (Å²) in [7, 11) is 0. The summed E-state index contributed by atoms with van der Waals surface area (Å²) in [5, 5.41) is 10.5. The number of nitrogens with zero attached hydrogens (tertiary/aromatic N) is 5. The van der Waals surface area contributed by atoms with Gasteiger partial charge in [-0.3, -0.25) is 4.79 Å². The normalized spacial score (nSPS) is 10.6. The molecule has 1 amide bonds. The Kier molecular flexibility index (Phi) is 3.92. The second kappa shape index (κ2) is 5.64. The first-order valence-electron chi connectivity index (χ1n) is 6.18. The number of nitrogen functional groups attached to an aromatic ring is 1. The summed E-state index contributed by atoms with van der Waals surface area (Å²) in [5.74, 6) is 0.822. The van der Waals surface area contributed by atoms with E-state index in [9.17, 15) is 4.79 Å². The topological polar surface area (TPSA) is 112 Å². The average Bonchev–Trinajstić information content (AvgIpc) is 2.73. The van der Waals surface area contributed by atoms with E-state index in [0.717, 1.165) is 22.8 Å². The number of hydrogen-bond donors (Lipinski definition) is 2. The van der Waals surface area contributed by atoms with Crippen molar-refractivity contribution in [3.05, 3.63) is 29.0 Å². The Labute approximate surface area is 116 Å². The van der Waals surface area contributed by atoms with Gasteiger partial charge in [0.2, 0.25) is 5.91 Å². The van der Waals surface area contributed by atoms with E-state index in [0.29, 0.717) is 6.54 Å². The molecule has 8 heteroatoms. The minimum Gasteiger partial charge on any atom is -0.381 e. The molecule has 2 aromatic heterocycles. The van der Waals surface area contributed by atoms with Gasteiger partial charge >= 0.3 is 0 Å². The van der Waals surface area contributed by atoms with E-state index < -0.39 is 0 Å². The molecule has 8 nitrogen and oxygen atoms in total. The molecule has 0 saturated carbocycles. The number of aryl methyl sites for hydroxylation is 3. The minimum atomic E-state index is -0.194. The quantitative estimate of drug-likeness (QED) is 0.805. The van der Waals surface area contributed by atoms with Gasteiger partial charge in [-0.05, 0) is 20.8 Å². The summed E-state index contributed by atoms with van der Waals surface area (Å²) in [4.78, 5) is 21.6. The monoisotopic (exact) mass is 275 g/mol. The molecule has 3 N–H and O–H groups in total.